The molecule has 0 fully saturated rings. The first-order valence-corrected chi connectivity index (χ1v) is 5.43. The molecule has 1 heterocycles. The lowest BCUT2D eigenvalue weighted by atomic mass is 10.2. The minimum Gasteiger partial charge on any atom is -0.461 e. The van der Waals surface area contributed by atoms with Crippen molar-refractivity contribution in [2.45, 2.75) is 13.3 Å². The highest BCUT2D eigenvalue weighted by molar-refractivity contribution is 14.1. The summed E-state index contributed by atoms with van der Waals surface area (Å²) < 4.78 is 29.3. The lowest BCUT2D eigenvalue weighted by molar-refractivity contribution is 0.0517. The van der Waals surface area contributed by atoms with E-state index in [4.69, 9.17) is 0 Å². The SMILES string of the molecule is CCOC(=O)c1[nH]cc(C(F)F)c(=O)c1I. The average molecular weight is 343 g/mol. The molecule has 0 atom stereocenters. The molecule has 0 bridgehead atoms. The fourth-order valence-electron chi connectivity index (χ4n) is 1.03. The van der Waals surface area contributed by atoms with Gasteiger partial charge in [-0.25, -0.2) is 13.6 Å². The molecule has 0 unspecified atom stereocenters. The third-order valence-corrected chi connectivity index (χ3v) is 2.80. The number of carbonyl (C=O) groups is 1. The number of aromatic amines is 1. The lowest BCUT2D eigenvalue weighted by Gasteiger charge is -2.05. The molecule has 0 aromatic carbocycles. The van der Waals surface area contributed by atoms with Crippen molar-refractivity contribution in [1.29, 1.82) is 0 Å². The van der Waals surface area contributed by atoms with Crippen LogP contribution in [-0.2, 0) is 4.74 Å². The number of esters is 1. The standard InChI is InChI=1S/C9H8F2INO3/c1-2-16-9(15)6-5(12)7(14)4(3-13-6)8(10)11/h3,8H,2H2,1H3,(H,13,14). The normalized spacial score (nSPS) is 10.6. The van der Waals surface area contributed by atoms with E-state index in [0.717, 1.165) is 6.20 Å². The highest BCUT2D eigenvalue weighted by Crippen LogP contribution is 2.16. The zero-order valence-electron chi connectivity index (χ0n) is 8.22. The monoisotopic (exact) mass is 343 g/mol. The molecular formula is C9H8F2INO3. The Kier molecular flexibility index (Phi) is 4.39. The van der Waals surface area contributed by atoms with Gasteiger partial charge in [0.25, 0.3) is 6.43 Å². The Morgan fingerprint density at radius 2 is 2.25 bits per heavy atom. The van der Waals surface area contributed by atoms with Crippen LogP contribution >= 0.6 is 22.6 Å². The Morgan fingerprint density at radius 1 is 1.62 bits per heavy atom. The number of ether oxygens (including phenoxy) is 1. The van der Waals surface area contributed by atoms with E-state index in [1.54, 1.807) is 29.5 Å². The van der Waals surface area contributed by atoms with E-state index >= 15 is 0 Å². The average Bonchev–Trinajstić information content (AvgIpc) is 2.21. The van der Waals surface area contributed by atoms with Gasteiger partial charge in [0.1, 0.15) is 5.69 Å². The Labute approximate surface area is 103 Å². The molecule has 88 valence electrons. The lowest BCUT2D eigenvalue weighted by Crippen LogP contribution is -2.20. The van der Waals surface area contributed by atoms with Crippen LogP contribution in [0.5, 0.6) is 0 Å². The molecule has 4 nitrogen and oxygen atoms in total. The quantitative estimate of drug-likeness (QED) is 0.676. The van der Waals surface area contributed by atoms with Crippen molar-refractivity contribution in [2.75, 3.05) is 6.61 Å². The Morgan fingerprint density at radius 3 is 2.75 bits per heavy atom. The van der Waals surface area contributed by atoms with E-state index in [-0.39, 0.29) is 15.9 Å². The zero-order valence-corrected chi connectivity index (χ0v) is 10.4. The number of pyridine rings is 1. The number of alkyl halides is 2. The van der Waals surface area contributed by atoms with Crippen LogP contribution in [0.2, 0.25) is 0 Å². The van der Waals surface area contributed by atoms with Gasteiger partial charge in [-0.3, -0.25) is 4.79 Å². The van der Waals surface area contributed by atoms with Crippen molar-refractivity contribution >= 4 is 28.6 Å². The van der Waals surface area contributed by atoms with E-state index in [0.29, 0.717) is 0 Å². The second kappa shape index (κ2) is 5.37. The number of hydrogen-bond acceptors (Lipinski definition) is 3. The van der Waals surface area contributed by atoms with E-state index in [9.17, 15) is 18.4 Å². The number of aromatic nitrogens is 1. The van der Waals surface area contributed by atoms with Gasteiger partial charge in [0.2, 0.25) is 5.43 Å². The van der Waals surface area contributed by atoms with Crippen LogP contribution in [0.15, 0.2) is 11.0 Å². The molecule has 0 saturated heterocycles. The molecule has 0 aliphatic carbocycles. The molecule has 16 heavy (non-hydrogen) atoms. The molecule has 1 rings (SSSR count). The number of nitrogens with one attached hydrogen (secondary N) is 1. The topological polar surface area (TPSA) is 59.2 Å². The van der Waals surface area contributed by atoms with Crippen LogP contribution in [0.25, 0.3) is 0 Å². The van der Waals surface area contributed by atoms with Gasteiger partial charge in [0.05, 0.1) is 15.7 Å². The van der Waals surface area contributed by atoms with Crippen molar-refractivity contribution in [1.82, 2.24) is 4.98 Å². The molecule has 0 aliphatic heterocycles. The zero-order chi connectivity index (χ0) is 12.3. The van der Waals surface area contributed by atoms with Crippen LogP contribution in [0.4, 0.5) is 8.78 Å². The molecule has 1 N–H and O–H groups in total. The molecule has 0 radical (unpaired) electrons. The molecule has 0 aliphatic rings. The number of hydrogen-bond donors (Lipinski definition) is 1. The maximum Gasteiger partial charge on any atom is 0.355 e. The summed E-state index contributed by atoms with van der Waals surface area (Å²) in [5.74, 6) is -0.732. The fourth-order valence-corrected chi connectivity index (χ4v) is 1.72. The maximum absolute atomic E-state index is 12.3. The number of carbonyl (C=O) groups excluding carboxylic acids is 1. The van der Waals surface area contributed by atoms with E-state index in [2.05, 4.69) is 9.72 Å². The molecule has 0 spiro atoms. The van der Waals surface area contributed by atoms with E-state index in [1.807, 2.05) is 0 Å². The first-order valence-electron chi connectivity index (χ1n) is 4.35. The van der Waals surface area contributed by atoms with Gasteiger partial charge in [-0.2, -0.15) is 0 Å². The number of rotatable bonds is 3. The minimum atomic E-state index is -2.87. The predicted octanol–water partition coefficient (Wildman–Crippen LogP) is 2.09. The minimum absolute atomic E-state index is 0.0890. The number of H-pyrrole nitrogens is 1. The summed E-state index contributed by atoms with van der Waals surface area (Å²) in [7, 11) is 0. The van der Waals surface area contributed by atoms with Gasteiger partial charge in [-0.05, 0) is 29.5 Å². The second-order valence-corrected chi connectivity index (χ2v) is 3.86. The maximum atomic E-state index is 12.3. The van der Waals surface area contributed by atoms with Crippen LogP contribution in [0.3, 0.4) is 0 Å². The Balaban J connectivity index is 3.22. The summed E-state index contributed by atoms with van der Waals surface area (Å²) in [6, 6.07) is 0. The van der Waals surface area contributed by atoms with Crippen molar-refractivity contribution < 1.29 is 18.3 Å². The van der Waals surface area contributed by atoms with Gasteiger partial charge < -0.3 is 9.72 Å². The first-order chi connectivity index (χ1) is 7.49. The van der Waals surface area contributed by atoms with Crippen molar-refractivity contribution in [3.63, 3.8) is 0 Å². The summed E-state index contributed by atoms with van der Waals surface area (Å²) in [6.45, 7) is 1.75. The van der Waals surface area contributed by atoms with Crippen LogP contribution in [0, 0.1) is 3.57 Å². The third kappa shape index (κ3) is 2.57. The van der Waals surface area contributed by atoms with Crippen LogP contribution < -0.4 is 5.43 Å². The molecule has 1 aromatic rings. The molecule has 7 heteroatoms. The molecular weight excluding hydrogens is 335 g/mol. The highest BCUT2D eigenvalue weighted by Gasteiger charge is 2.20. The molecule has 0 amide bonds. The smallest absolute Gasteiger partial charge is 0.355 e. The van der Waals surface area contributed by atoms with Gasteiger partial charge in [-0.1, -0.05) is 0 Å². The van der Waals surface area contributed by atoms with Gasteiger partial charge in [0, 0.05) is 6.20 Å². The van der Waals surface area contributed by atoms with Crippen molar-refractivity contribution in [3.8, 4) is 0 Å². The third-order valence-electron chi connectivity index (χ3n) is 1.77. The Bertz CT molecular complexity index is 459. The second-order valence-electron chi connectivity index (χ2n) is 2.78. The van der Waals surface area contributed by atoms with Crippen molar-refractivity contribution in [2.24, 2.45) is 0 Å². The summed E-state index contributed by atoms with van der Waals surface area (Å²) in [5.41, 5.74) is -1.60. The van der Waals surface area contributed by atoms with Crippen LogP contribution in [0.1, 0.15) is 29.4 Å². The summed E-state index contributed by atoms with van der Waals surface area (Å²) in [6.07, 6.45) is -2.03. The van der Waals surface area contributed by atoms with Crippen molar-refractivity contribution in [3.05, 3.63) is 31.2 Å². The predicted molar refractivity (Wildman–Crippen MR) is 60.7 cm³/mol. The largest absolute Gasteiger partial charge is 0.461 e. The highest BCUT2D eigenvalue weighted by atomic mass is 127. The number of halogens is 3. The summed E-state index contributed by atoms with van der Waals surface area (Å²) >= 11 is 1.54. The molecule has 1 aromatic heterocycles. The van der Waals surface area contributed by atoms with Gasteiger partial charge in [-0.15, -0.1) is 0 Å². The molecule has 0 saturated carbocycles. The van der Waals surface area contributed by atoms with Gasteiger partial charge >= 0.3 is 5.97 Å². The fraction of sp³-hybridized carbons (Fsp3) is 0.333. The first kappa shape index (κ1) is 13.1. The Hall–Kier alpha value is -0.990. The summed E-state index contributed by atoms with van der Waals surface area (Å²) in [5, 5.41) is 0. The van der Waals surface area contributed by atoms with E-state index < -0.39 is 23.4 Å². The van der Waals surface area contributed by atoms with Gasteiger partial charge in [0.15, 0.2) is 0 Å². The summed E-state index contributed by atoms with van der Waals surface area (Å²) in [4.78, 5) is 25.1. The van der Waals surface area contributed by atoms with E-state index in [1.165, 1.54) is 0 Å². The van der Waals surface area contributed by atoms with Crippen LogP contribution in [-0.4, -0.2) is 17.6 Å².